The molecule has 0 aromatic heterocycles. The number of rotatable bonds is 3. The summed E-state index contributed by atoms with van der Waals surface area (Å²) in [7, 11) is -3.53. The van der Waals surface area contributed by atoms with Crippen molar-refractivity contribution in [1.29, 1.82) is 0 Å². The van der Waals surface area contributed by atoms with Crippen LogP contribution in [0.1, 0.15) is 19.4 Å². The van der Waals surface area contributed by atoms with Gasteiger partial charge >= 0.3 is 0 Å². The van der Waals surface area contributed by atoms with Crippen LogP contribution in [0.25, 0.3) is 0 Å². The van der Waals surface area contributed by atoms with E-state index in [1.54, 1.807) is 20.8 Å². The first kappa shape index (κ1) is 13.1. The molecular formula is C11H16FNO2S. The highest BCUT2D eigenvalue weighted by molar-refractivity contribution is 7.92. The summed E-state index contributed by atoms with van der Waals surface area (Å²) in [6, 6.07) is 3.64. The number of benzene rings is 1. The van der Waals surface area contributed by atoms with Crippen LogP contribution in [0.3, 0.4) is 0 Å². The molecule has 0 unspecified atom stereocenters. The maximum absolute atomic E-state index is 12.9. The molecule has 0 aliphatic heterocycles. The van der Waals surface area contributed by atoms with E-state index in [0.29, 0.717) is 5.56 Å². The molecule has 3 nitrogen and oxygen atoms in total. The van der Waals surface area contributed by atoms with Gasteiger partial charge in [0.05, 0.1) is 9.64 Å². The van der Waals surface area contributed by atoms with E-state index in [1.807, 2.05) is 0 Å². The van der Waals surface area contributed by atoms with E-state index in [2.05, 4.69) is 0 Å². The molecule has 16 heavy (non-hydrogen) atoms. The summed E-state index contributed by atoms with van der Waals surface area (Å²) in [6.07, 6.45) is 0. The van der Waals surface area contributed by atoms with Gasteiger partial charge in [0.2, 0.25) is 0 Å². The normalized spacial score (nSPS) is 12.8. The predicted molar refractivity (Wildman–Crippen MR) is 61.5 cm³/mol. The van der Waals surface area contributed by atoms with Gasteiger partial charge in [-0.1, -0.05) is 0 Å². The molecule has 1 aromatic rings. The molecule has 90 valence electrons. The Morgan fingerprint density at radius 3 is 2.38 bits per heavy atom. The van der Waals surface area contributed by atoms with E-state index >= 15 is 0 Å². The molecule has 0 saturated heterocycles. The van der Waals surface area contributed by atoms with Crippen molar-refractivity contribution in [3.05, 3.63) is 29.6 Å². The van der Waals surface area contributed by atoms with Crippen molar-refractivity contribution in [3.8, 4) is 0 Å². The van der Waals surface area contributed by atoms with Crippen LogP contribution in [0.4, 0.5) is 4.39 Å². The topological polar surface area (TPSA) is 60.2 Å². The number of halogens is 1. The smallest absolute Gasteiger partial charge is 0.185 e. The molecular weight excluding hydrogens is 229 g/mol. The summed E-state index contributed by atoms with van der Waals surface area (Å²) in [6.45, 7) is 4.71. The number of hydrogen-bond donors (Lipinski definition) is 1. The van der Waals surface area contributed by atoms with Gasteiger partial charge < -0.3 is 5.73 Å². The van der Waals surface area contributed by atoms with E-state index in [0.717, 1.165) is 6.07 Å². The molecule has 0 fully saturated rings. The summed E-state index contributed by atoms with van der Waals surface area (Å²) in [5.41, 5.74) is 5.86. The molecule has 0 bridgehead atoms. The highest BCUT2D eigenvalue weighted by Crippen LogP contribution is 2.27. The van der Waals surface area contributed by atoms with Gasteiger partial charge in [-0.05, 0) is 44.5 Å². The van der Waals surface area contributed by atoms with E-state index in [-0.39, 0.29) is 11.4 Å². The minimum absolute atomic E-state index is 0.0200. The average Bonchev–Trinajstić information content (AvgIpc) is 2.16. The SMILES string of the molecule is Cc1cc(F)ccc1S(=O)(=O)C(C)(C)CN. The third kappa shape index (κ3) is 2.10. The second-order valence-corrected chi connectivity index (χ2v) is 6.93. The van der Waals surface area contributed by atoms with Crippen LogP contribution in [-0.2, 0) is 9.84 Å². The number of nitrogens with two attached hydrogens (primary N) is 1. The molecule has 0 saturated carbocycles. The van der Waals surface area contributed by atoms with Gasteiger partial charge in [-0.2, -0.15) is 0 Å². The summed E-state index contributed by atoms with van der Waals surface area (Å²) < 4.78 is 36.3. The lowest BCUT2D eigenvalue weighted by Gasteiger charge is -2.23. The van der Waals surface area contributed by atoms with E-state index in [1.165, 1.54) is 12.1 Å². The Kier molecular flexibility index (Phi) is 3.40. The first-order valence-electron chi connectivity index (χ1n) is 4.93. The Labute approximate surface area is 95.4 Å². The van der Waals surface area contributed by atoms with Gasteiger partial charge in [-0.15, -0.1) is 0 Å². The largest absolute Gasteiger partial charge is 0.329 e. The Hall–Kier alpha value is -0.940. The zero-order chi connectivity index (χ0) is 12.6. The molecule has 0 heterocycles. The van der Waals surface area contributed by atoms with Gasteiger partial charge in [-0.25, -0.2) is 12.8 Å². The number of aryl methyl sites for hydroxylation is 1. The van der Waals surface area contributed by atoms with Crippen molar-refractivity contribution in [3.63, 3.8) is 0 Å². The van der Waals surface area contributed by atoms with Crippen LogP contribution in [-0.4, -0.2) is 19.7 Å². The fourth-order valence-electron chi connectivity index (χ4n) is 1.32. The third-order valence-corrected chi connectivity index (χ3v) is 5.30. The lowest BCUT2D eigenvalue weighted by molar-refractivity contribution is 0.547. The molecule has 2 N–H and O–H groups in total. The van der Waals surface area contributed by atoms with Crippen LogP contribution in [0, 0.1) is 12.7 Å². The minimum atomic E-state index is -3.53. The molecule has 0 aliphatic rings. The standard InChI is InChI=1S/C11H16FNO2S/c1-8-6-9(12)4-5-10(8)16(14,15)11(2,3)7-13/h4-6H,7,13H2,1-3H3. The Morgan fingerprint density at radius 1 is 1.38 bits per heavy atom. The molecule has 0 atom stereocenters. The first-order valence-corrected chi connectivity index (χ1v) is 6.41. The summed E-state index contributed by atoms with van der Waals surface area (Å²) in [5, 5.41) is 0. The Balaban J connectivity index is 3.40. The molecule has 0 radical (unpaired) electrons. The van der Waals surface area contributed by atoms with Gasteiger partial charge in [-0.3, -0.25) is 0 Å². The molecule has 1 rings (SSSR count). The summed E-state index contributed by atoms with van der Waals surface area (Å²) in [4.78, 5) is 0.143. The third-order valence-electron chi connectivity index (χ3n) is 2.65. The number of hydrogen-bond acceptors (Lipinski definition) is 3. The van der Waals surface area contributed by atoms with Gasteiger partial charge in [0.15, 0.2) is 9.84 Å². The van der Waals surface area contributed by atoms with Crippen molar-refractivity contribution >= 4 is 9.84 Å². The highest BCUT2D eigenvalue weighted by Gasteiger charge is 2.35. The van der Waals surface area contributed by atoms with E-state index in [4.69, 9.17) is 5.73 Å². The van der Waals surface area contributed by atoms with E-state index in [9.17, 15) is 12.8 Å². The van der Waals surface area contributed by atoms with Crippen LogP contribution >= 0.6 is 0 Å². The average molecular weight is 245 g/mol. The van der Waals surface area contributed by atoms with Crippen molar-refractivity contribution in [2.45, 2.75) is 30.4 Å². The fraction of sp³-hybridized carbons (Fsp3) is 0.455. The Morgan fingerprint density at radius 2 is 1.94 bits per heavy atom. The van der Waals surface area contributed by atoms with Gasteiger partial charge in [0.25, 0.3) is 0 Å². The fourth-order valence-corrected chi connectivity index (χ4v) is 2.87. The van der Waals surface area contributed by atoms with Crippen molar-refractivity contribution in [1.82, 2.24) is 0 Å². The van der Waals surface area contributed by atoms with Gasteiger partial charge in [0, 0.05) is 6.54 Å². The minimum Gasteiger partial charge on any atom is -0.329 e. The quantitative estimate of drug-likeness (QED) is 0.824. The summed E-state index contributed by atoms with van der Waals surface area (Å²) >= 11 is 0. The monoisotopic (exact) mass is 245 g/mol. The zero-order valence-electron chi connectivity index (χ0n) is 9.62. The molecule has 5 heteroatoms. The molecule has 0 aliphatic carbocycles. The van der Waals surface area contributed by atoms with Crippen LogP contribution in [0.5, 0.6) is 0 Å². The zero-order valence-corrected chi connectivity index (χ0v) is 10.4. The van der Waals surface area contributed by atoms with Crippen molar-refractivity contribution in [2.75, 3.05) is 6.54 Å². The molecule has 0 spiro atoms. The van der Waals surface area contributed by atoms with Gasteiger partial charge in [0.1, 0.15) is 5.82 Å². The van der Waals surface area contributed by atoms with Crippen molar-refractivity contribution < 1.29 is 12.8 Å². The second-order valence-electron chi connectivity index (χ2n) is 4.38. The lowest BCUT2D eigenvalue weighted by Crippen LogP contribution is -2.39. The lowest BCUT2D eigenvalue weighted by atomic mass is 10.2. The first-order chi connectivity index (χ1) is 7.22. The van der Waals surface area contributed by atoms with Crippen LogP contribution in [0.15, 0.2) is 23.1 Å². The van der Waals surface area contributed by atoms with Crippen LogP contribution in [0.2, 0.25) is 0 Å². The maximum atomic E-state index is 12.9. The van der Waals surface area contributed by atoms with Crippen molar-refractivity contribution in [2.24, 2.45) is 5.73 Å². The molecule has 0 amide bonds. The molecule has 1 aromatic carbocycles. The van der Waals surface area contributed by atoms with Crippen LogP contribution < -0.4 is 5.73 Å². The second kappa shape index (κ2) is 4.14. The highest BCUT2D eigenvalue weighted by atomic mass is 32.2. The number of sulfone groups is 1. The maximum Gasteiger partial charge on any atom is 0.185 e. The van der Waals surface area contributed by atoms with E-state index < -0.39 is 20.4 Å². The predicted octanol–water partition coefficient (Wildman–Crippen LogP) is 1.65. The Bertz CT molecular complexity index is 495. The summed E-state index contributed by atoms with van der Waals surface area (Å²) in [5.74, 6) is -0.443.